The zero-order valence-corrected chi connectivity index (χ0v) is 17.4. The summed E-state index contributed by atoms with van der Waals surface area (Å²) in [6, 6.07) is 24.0. The number of ether oxygens (including phenoxy) is 1. The molecule has 1 fully saturated rings. The number of rotatable bonds is 7. The molecule has 1 saturated carbocycles. The molecule has 3 aromatic carbocycles. The van der Waals surface area contributed by atoms with Crippen molar-refractivity contribution in [3.8, 4) is 0 Å². The van der Waals surface area contributed by atoms with Crippen LogP contribution in [0.4, 0.5) is 10.5 Å². The molecule has 154 valence electrons. The Balaban J connectivity index is 1.38. The highest BCUT2D eigenvalue weighted by molar-refractivity contribution is 6.31. The second kappa shape index (κ2) is 9.33. The van der Waals surface area contributed by atoms with Gasteiger partial charge in [-0.1, -0.05) is 66.2 Å². The molecule has 1 aliphatic rings. The molecule has 0 heterocycles. The lowest BCUT2D eigenvalue weighted by Gasteiger charge is -2.10. The summed E-state index contributed by atoms with van der Waals surface area (Å²) in [6.45, 7) is 0.891. The second-order valence-corrected chi connectivity index (χ2v) is 8.13. The van der Waals surface area contributed by atoms with E-state index in [2.05, 4.69) is 29.6 Å². The molecular weight excluding hydrogens is 396 g/mol. The van der Waals surface area contributed by atoms with Crippen LogP contribution in [0, 0.1) is 0 Å². The van der Waals surface area contributed by atoms with E-state index in [-0.39, 0.29) is 6.61 Å². The van der Waals surface area contributed by atoms with E-state index >= 15 is 0 Å². The molecular formula is C25H25ClN2O2. The van der Waals surface area contributed by atoms with E-state index in [0.29, 0.717) is 29.1 Å². The molecule has 0 aliphatic heterocycles. The summed E-state index contributed by atoms with van der Waals surface area (Å²) >= 11 is 6.32. The normalized spacial score (nSPS) is 17.4. The van der Waals surface area contributed by atoms with E-state index in [9.17, 15) is 4.79 Å². The van der Waals surface area contributed by atoms with E-state index in [4.69, 9.17) is 22.1 Å². The summed E-state index contributed by atoms with van der Waals surface area (Å²) in [5.41, 5.74) is 11.0. The van der Waals surface area contributed by atoms with Crippen molar-refractivity contribution in [3.05, 3.63) is 100 Å². The SMILES string of the molecule is NCCc1ccc([C@H]2C[C@@H]2c2cc(Cl)cc(NC(=O)OCc3ccccc3)c2)cc1. The fourth-order valence-electron chi connectivity index (χ4n) is 3.81. The van der Waals surface area contributed by atoms with Gasteiger partial charge in [-0.15, -0.1) is 0 Å². The molecule has 1 amide bonds. The molecule has 0 radical (unpaired) electrons. The zero-order valence-electron chi connectivity index (χ0n) is 16.7. The molecule has 4 rings (SSSR count). The van der Waals surface area contributed by atoms with Crippen molar-refractivity contribution in [2.24, 2.45) is 5.73 Å². The van der Waals surface area contributed by atoms with Crippen molar-refractivity contribution in [1.29, 1.82) is 0 Å². The predicted octanol–water partition coefficient (Wildman–Crippen LogP) is 5.86. The van der Waals surface area contributed by atoms with Gasteiger partial charge >= 0.3 is 6.09 Å². The van der Waals surface area contributed by atoms with Crippen molar-refractivity contribution in [3.63, 3.8) is 0 Å². The van der Waals surface area contributed by atoms with Gasteiger partial charge in [-0.2, -0.15) is 0 Å². The Morgan fingerprint density at radius 2 is 1.70 bits per heavy atom. The second-order valence-electron chi connectivity index (χ2n) is 7.69. The Kier molecular flexibility index (Phi) is 6.36. The lowest BCUT2D eigenvalue weighted by Crippen LogP contribution is -2.13. The van der Waals surface area contributed by atoms with Crippen molar-refractivity contribution in [1.82, 2.24) is 0 Å². The van der Waals surface area contributed by atoms with Crippen LogP contribution >= 0.6 is 11.6 Å². The minimum atomic E-state index is -0.491. The number of nitrogens with two attached hydrogens (primary N) is 1. The molecule has 3 aromatic rings. The third-order valence-corrected chi connectivity index (χ3v) is 5.66. The van der Waals surface area contributed by atoms with E-state index in [1.165, 1.54) is 11.1 Å². The maximum atomic E-state index is 12.2. The average Bonchev–Trinajstić information content (AvgIpc) is 3.54. The molecule has 4 nitrogen and oxygen atoms in total. The van der Waals surface area contributed by atoms with E-state index in [1.54, 1.807) is 6.07 Å². The summed E-state index contributed by atoms with van der Waals surface area (Å²) in [5.74, 6) is 0.887. The van der Waals surface area contributed by atoms with Crippen LogP contribution in [0.5, 0.6) is 0 Å². The molecule has 0 unspecified atom stereocenters. The van der Waals surface area contributed by atoms with Gasteiger partial charge in [-0.25, -0.2) is 4.79 Å². The average molecular weight is 421 g/mol. The highest BCUT2D eigenvalue weighted by Gasteiger charge is 2.39. The van der Waals surface area contributed by atoms with Gasteiger partial charge in [0.05, 0.1) is 0 Å². The number of carbonyl (C=O) groups excluding carboxylic acids is 1. The fourth-order valence-corrected chi connectivity index (χ4v) is 4.05. The smallest absolute Gasteiger partial charge is 0.411 e. The number of halogens is 1. The van der Waals surface area contributed by atoms with E-state index < -0.39 is 6.09 Å². The minimum absolute atomic E-state index is 0.227. The summed E-state index contributed by atoms with van der Waals surface area (Å²) in [5, 5.41) is 3.40. The third kappa shape index (κ3) is 5.21. The molecule has 1 aliphatic carbocycles. The van der Waals surface area contributed by atoms with Gasteiger partial charge < -0.3 is 10.5 Å². The van der Waals surface area contributed by atoms with Crippen LogP contribution in [0.3, 0.4) is 0 Å². The number of hydrogen-bond donors (Lipinski definition) is 2. The summed E-state index contributed by atoms with van der Waals surface area (Å²) in [7, 11) is 0. The highest BCUT2D eigenvalue weighted by Crippen LogP contribution is 2.55. The quantitative estimate of drug-likeness (QED) is 0.503. The van der Waals surface area contributed by atoms with Gasteiger partial charge in [-0.05, 0) is 71.7 Å². The van der Waals surface area contributed by atoms with Crippen molar-refractivity contribution < 1.29 is 9.53 Å². The zero-order chi connectivity index (χ0) is 20.9. The van der Waals surface area contributed by atoms with Gasteiger partial charge in [0.2, 0.25) is 0 Å². The van der Waals surface area contributed by atoms with Crippen LogP contribution in [-0.2, 0) is 17.8 Å². The molecule has 30 heavy (non-hydrogen) atoms. The van der Waals surface area contributed by atoms with Crippen LogP contribution in [0.15, 0.2) is 72.8 Å². The maximum absolute atomic E-state index is 12.2. The lowest BCUT2D eigenvalue weighted by atomic mass is 10.0. The van der Waals surface area contributed by atoms with Gasteiger partial charge in [0.15, 0.2) is 0 Å². The van der Waals surface area contributed by atoms with Crippen LogP contribution in [0.1, 0.15) is 40.5 Å². The van der Waals surface area contributed by atoms with Gasteiger partial charge in [0, 0.05) is 10.7 Å². The Labute approximate surface area is 182 Å². The number of amides is 1. The summed E-state index contributed by atoms with van der Waals surface area (Å²) in [4.78, 5) is 12.2. The first-order valence-corrected chi connectivity index (χ1v) is 10.6. The van der Waals surface area contributed by atoms with Gasteiger partial charge in [0.1, 0.15) is 6.61 Å². The minimum Gasteiger partial charge on any atom is -0.444 e. The Morgan fingerprint density at radius 3 is 2.43 bits per heavy atom. The topological polar surface area (TPSA) is 64.3 Å². The Morgan fingerprint density at radius 1 is 0.967 bits per heavy atom. The van der Waals surface area contributed by atoms with Crippen LogP contribution < -0.4 is 11.1 Å². The summed E-state index contributed by atoms with van der Waals surface area (Å²) in [6.07, 6.45) is 1.49. The molecule has 3 N–H and O–H groups in total. The van der Waals surface area contributed by atoms with E-state index in [1.807, 2.05) is 42.5 Å². The highest BCUT2D eigenvalue weighted by atomic mass is 35.5. The first-order valence-electron chi connectivity index (χ1n) is 10.2. The number of anilines is 1. The Bertz CT molecular complexity index is 1010. The van der Waals surface area contributed by atoms with Gasteiger partial charge in [0.25, 0.3) is 0 Å². The molecule has 0 saturated heterocycles. The molecule has 0 bridgehead atoms. The number of carbonyl (C=O) groups is 1. The molecule has 2 atom stereocenters. The predicted molar refractivity (Wildman–Crippen MR) is 121 cm³/mol. The summed E-state index contributed by atoms with van der Waals surface area (Å²) < 4.78 is 5.31. The van der Waals surface area contributed by atoms with Crippen LogP contribution in [0.25, 0.3) is 0 Å². The molecule has 5 heteroatoms. The third-order valence-electron chi connectivity index (χ3n) is 5.44. The fraction of sp³-hybridized carbons (Fsp3) is 0.240. The van der Waals surface area contributed by atoms with Crippen molar-refractivity contribution in [2.45, 2.75) is 31.3 Å². The van der Waals surface area contributed by atoms with Crippen LogP contribution in [-0.4, -0.2) is 12.6 Å². The molecule has 0 spiro atoms. The monoisotopic (exact) mass is 420 g/mol. The molecule has 0 aromatic heterocycles. The first-order chi connectivity index (χ1) is 14.6. The lowest BCUT2D eigenvalue weighted by molar-refractivity contribution is 0.155. The first kappa shape index (κ1) is 20.5. The maximum Gasteiger partial charge on any atom is 0.411 e. The Hall–Kier alpha value is -2.82. The number of nitrogens with one attached hydrogen (secondary N) is 1. The van der Waals surface area contributed by atoms with Crippen molar-refractivity contribution >= 4 is 23.4 Å². The van der Waals surface area contributed by atoms with Gasteiger partial charge in [-0.3, -0.25) is 5.32 Å². The van der Waals surface area contributed by atoms with Crippen molar-refractivity contribution in [2.75, 3.05) is 11.9 Å². The largest absolute Gasteiger partial charge is 0.444 e. The van der Waals surface area contributed by atoms with Crippen LogP contribution in [0.2, 0.25) is 5.02 Å². The number of hydrogen-bond acceptors (Lipinski definition) is 3. The standard InChI is InChI=1S/C25H25ClN2O2/c26-21-12-20(24-15-23(24)19-8-6-17(7-9-19)10-11-27)13-22(14-21)28-25(29)30-16-18-4-2-1-3-5-18/h1-9,12-14,23-24H,10-11,15-16,27H2,(H,28,29)/t23-,24-/m1/s1. The van der Waals surface area contributed by atoms with E-state index in [0.717, 1.165) is 24.0 Å². The number of benzene rings is 3.